The lowest BCUT2D eigenvalue weighted by atomic mass is 9.65. The first-order valence-electron chi connectivity index (χ1n) is 29.4. The van der Waals surface area contributed by atoms with Crippen LogP contribution in [0.15, 0.2) is 0 Å². The molecule has 2 aromatic carbocycles. The fraction of sp³-hybridized carbons (Fsp3) is 0.810. The minimum Gasteiger partial charge on any atom is -0.507 e. The molecule has 376 valence electrons. The molecule has 65 heavy (non-hydrogen) atoms. The summed E-state index contributed by atoms with van der Waals surface area (Å²) in [7, 11) is 0. The molecule has 2 N–H and O–H groups in total. The van der Waals surface area contributed by atoms with Crippen molar-refractivity contribution in [3.63, 3.8) is 0 Å². The van der Waals surface area contributed by atoms with Crippen LogP contribution in [0.3, 0.4) is 0 Å². The second-order valence-electron chi connectivity index (χ2n) is 21.4. The van der Waals surface area contributed by atoms with Gasteiger partial charge in [-0.1, -0.05) is 223 Å². The van der Waals surface area contributed by atoms with Crippen molar-refractivity contribution in [1.82, 2.24) is 0 Å². The predicted molar refractivity (Wildman–Crippen MR) is 291 cm³/mol. The summed E-state index contributed by atoms with van der Waals surface area (Å²) < 4.78 is 0. The third-order valence-electron chi connectivity index (χ3n) is 15.3. The molecule has 0 aliphatic heterocycles. The van der Waals surface area contributed by atoms with E-state index in [9.17, 15) is 10.2 Å². The Morgan fingerprint density at radius 1 is 0.231 bits per heavy atom. The lowest BCUT2D eigenvalue weighted by Gasteiger charge is -2.39. The molecule has 0 radical (unpaired) electrons. The summed E-state index contributed by atoms with van der Waals surface area (Å²) >= 11 is 0. The minimum atomic E-state index is -0.269. The van der Waals surface area contributed by atoms with E-state index in [0.29, 0.717) is 11.5 Å². The summed E-state index contributed by atoms with van der Waals surface area (Å²) in [5.74, 6) is 1.37. The molecule has 2 rings (SSSR count). The van der Waals surface area contributed by atoms with Crippen LogP contribution in [0, 0.1) is 0 Å². The van der Waals surface area contributed by atoms with Crippen LogP contribution in [0.1, 0.15) is 330 Å². The highest BCUT2D eigenvalue weighted by atomic mass is 16.3. The van der Waals surface area contributed by atoms with Crippen LogP contribution < -0.4 is 0 Å². The molecular formula is C63H112O2. The van der Waals surface area contributed by atoms with E-state index < -0.39 is 0 Å². The SMILES string of the molecule is CCCCCCc1c(O)c(CCCCCC)c(CCCCCC)c(C(C)(C)c2c(CCCCCC)c(CCCCCC)c(O)c(CCCCCC)c2CCCCCC)c1CCCCCC. The van der Waals surface area contributed by atoms with Crippen LogP contribution >= 0.6 is 0 Å². The second-order valence-corrected chi connectivity index (χ2v) is 21.4. The molecule has 0 saturated heterocycles. The van der Waals surface area contributed by atoms with Gasteiger partial charge in [0.25, 0.3) is 0 Å². The number of phenolic OH excluding ortho intramolecular Hbond substituents is 2. The first-order chi connectivity index (χ1) is 31.7. The van der Waals surface area contributed by atoms with Crippen LogP contribution in [0.4, 0.5) is 0 Å². The molecule has 0 amide bonds. The van der Waals surface area contributed by atoms with Crippen molar-refractivity contribution < 1.29 is 10.2 Å². The molecule has 0 spiro atoms. The van der Waals surface area contributed by atoms with Gasteiger partial charge in [-0.3, -0.25) is 0 Å². The van der Waals surface area contributed by atoms with E-state index in [0.717, 1.165) is 77.0 Å². The minimum absolute atomic E-state index is 0.269. The van der Waals surface area contributed by atoms with E-state index in [-0.39, 0.29) is 5.41 Å². The smallest absolute Gasteiger partial charge is 0.122 e. The number of rotatable bonds is 42. The molecule has 0 atom stereocenters. The van der Waals surface area contributed by atoms with Gasteiger partial charge in [-0.05, 0) is 158 Å². The summed E-state index contributed by atoms with van der Waals surface area (Å²) in [5.41, 5.74) is 14.3. The van der Waals surface area contributed by atoms with Crippen molar-refractivity contribution >= 4 is 0 Å². The van der Waals surface area contributed by atoms with E-state index in [1.165, 1.54) is 224 Å². The van der Waals surface area contributed by atoms with E-state index >= 15 is 0 Å². The quantitative estimate of drug-likeness (QED) is 0.0652. The number of phenols is 2. The summed E-state index contributed by atoms with van der Waals surface area (Å²) in [6.45, 7) is 24.0. The fourth-order valence-corrected chi connectivity index (χ4v) is 11.5. The molecule has 0 bridgehead atoms. The Morgan fingerprint density at radius 2 is 0.385 bits per heavy atom. The second kappa shape index (κ2) is 36.1. The Kier molecular flexibility index (Phi) is 32.8. The van der Waals surface area contributed by atoms with E-state index in [1.807, 2.05) is 0 Å². The average Bonchev–Trinajstić information content (AvgIpc) is 3.29. The molecule has 2 nitrogen and oxygen atoms in total. The molecule has 2 aromatic rings. The van der Waals surface area contributed by atoms with Crippen molar-refractivity contribution in [2.75, 3.05) is 0 Å². The lowest BCUT2D eigenvalue weighted by molar-refractivity contribution is 0.448. The Balaban J connectivity index is 3.38. The number of aromatic hydroxyl groups is 2. The Hall–Kier alpha value is -1.96. The van der Waals surface area contributed by atoms with Crippen molar-refractivity contribution in [3.8, 4) is 11.5 Å². The molecule has 0 aliphatic carbocycles. The van der Waals surface area contributed by atoms with Gasteiger partial charge in [0.1, 0.15) is 11.5 Å². The maximum atomic E-state index is 12.9. The monoisotopic (exact) mass is 901 g/mol. The van der Waals surface area contributed by atoms with Gasteiger partial charge in [-0.2, -0.15) is 0 Å². The van der Waals surface area contributed by atoms with Gasteiger partial charge in [0.2, 0.25) is 0 Å². The zero-order chi connectivity index (χ0) is 47.7. The molecule has 0 heterocycles. The molecule has 0 fully saturated rings. The number of hydrogen-bond donors (Lipinski definition) is 2. The molecule has 0 saturated carbocycles. The predicted octanol–water partition coefficient (Wildman–Crippen LogP) is 20.4. The third kappa shape index (κ3) is 19.9. The zero-order valence-electron chi connectivity index (χ0n) is 45.7. The Morgan fingerprint density at radius 3 is 0.538 bits per heavy atom. The molecule has 0 aliphatic rings. The van der Waals surface area contributed by atoms with Crippen molar-refractivity contribution in [1.29, 1.82) is 0 Å². The molecule has 0 aromatic heterocycles. The van der Waals surface area contributed by atoms with Gasteiger partial charge >= 0.3 is 0 Å². The van der Waals surface area contributed by atoms with Crippen LogP contribution in [-0.2, 0) is 56.8 Å². The van der Waals surface area contributed by atoms with E-state index in [4.69, 9.17) is 0 Å². The van der Waals surface area contributed by atoms with Gasteiger partial charge in [-0.15, -0.1) is 0 Å². The fourth-order valence-electron chi connectivity index (χ4n) is 11.5. The van der Waals surface area contributed by atoms with Crippen molar-refractivity contribution in [2.45, 2.75) is 331 Å². The summed E-state index contributed by atoms with van der Waals surface area (Å²) in [6, 6.07) is 0. The van der Waals surface area contributed by atoms with Crippen LogP contribution in [0.5, 0.6) is 11.5 Å². The van der Waals surface area contributed by atoms with Gasteiger partial charge in [0.15, 0.2) is 0 Å². The number of hydrogen-bond acceptors (Lipinski definition) is 2. The number of benzene rings is 2. The average molecular weight is 902 g/mol. The summed E-state index contributed by atoms with van der Waals surface area (Å²) in [4.78, 5) is 0. The normalized spacial score (nSPS) is 12.0. The Bertz CT molecular complexity index is 1300. The Labute approximate surface area is 407 Å². The lowest BCUT2D eigenvalue weighted by Crippen LogP contribution is -2.30. The molecule has 0 unspecified atom stereocenters. The third-order valence-corrected chi connectivity index (χ3v) is 15.3. The highest BCUT2D eigenvalue weighted by Crippen LogP contribution is 2.50. The largest absolute Gasteiger partial charge is 0.507 e. The summed E-state index contributed by atoms with van der Waals surface area (Å²) in [5, 5.41) is 25.9. The first kappa shape index (κ1) is 59.2. The van der Waals surface area contributed by atoms with Gasteiger partial charge in [0, 0.05) is 5.41 Å². The van der Waals surface area contributed by atoms with Crippen molar-refractivity contribution in [2.24, 2.45) is 0 Å². The standard InChI is InChI=1S/C63H112O2/c1-11-19-27-35-43-51-55(47-39-31-23-15-5)61(64)56(48-40-32-24-16-6)52(44-36-28-20-12-2)59(51)63(9,10)60-53(45-37-29-21-13-3)57(49-41-33-25-17-7)62(65)58(50-42-34-26-18-8)54(60)46-38-30-22-14-4/h64-65H,11-50H2,1-10H3. The number of unbranched alkanes of at least 4 members (excludes halogenated alkanes) is 24. The highest BCUT2D eigenvalue weighted by molar-refractivity contribution is 5.65. The molecule has 2 heteroatoms. The maximum absolute atomic E-state index is 12.9. The zero-order valence-corrected chi connectivity index (χ0v) is 45.7. The first-order valence-corrected chi connectivity index (χ1v) is 29.4. The topological polar surface area (TPSA) is 40.5 Å². The van der Waals surface area contributed by atoms with Crippen LogP contribution in [0.2, 0.25) is 0 Å². The van der Waals surface area contributed by atoms with Crippen LogP contribution in [0.25, 0.3) is 0 Å². The molecular weight excluding hydrogens is 789 g/mol. The van der Waals surface area contributed by atoms with E-state index in [2.05, 4.69) is 69.2 Å². The van der Waals surface area contributed by atoms with E-state index in [1.54, 1.807) is 11.1 Å². The van der Waals surface area contributed by atoms with Gasteiger partial charge in [0.05, 0.1) is 0 Å². The maximum Gasteiger partial charge on any atom is 0.122 e. The van der Waals surface area contributed by atoms with Gasteiger partial charge < -0.3 is 10.2 Å². The highest BCUT2D eigenvalue weighted by Gasteiger charge is 2.38. The van der Waals surface area contributed by atoms with Gasteiger partial charge in [-0.25, -0.2) is 0 Å². The van der Waals surface area contributed by atoms with Crippen LogP contribution in [-0.4, -0.2) is 10.2 Å². The van der Waals surface area contributed by atoms with Crippen molar-refractivity contribution in [3.05, 3.63) is 55.6 Å². The summed E-state index contributed by atoms with van der Waals surface area (Å²) in [6.07, 6.45) is 47.7.